The summed E-state index contributed by atoms with van der Waals surface area (Å²) in [6, 6.07) is 0. The average molecular weight is 413 g/mol. The van der Waals surface area contributed by atoms with Gasteiger partial charge in [0.05, 0.1) is 11.7 Å². The van der Waals surface area contributed by atoms with E-state index >= 15 is 0 Å². The Morgan fingerprint density at radius 2 is 1.77 bits per heavy atom. The lowest BCUT2D eigenvalue weighted by molar-refractivity contribution is -0.100. The minimum absolute atomic E-state index is 0.0660. The van der Waals surface area contributed by atoms with Crippen LogP contribution in [0.3, 0.4) is 0 Å². The standard InChI is InChI=1S/C28H44O2/c1-19(2)20(3)9-11-22(5)28(30)17-15-26-23(8-7-16-27(26,28)6)12-13-24-18-25(29)14-10-21(24)4/h9,11-13,19-20,22,25-26,29-30H,4,7-8,10,14-18H2,1-3,5-6H3/b11-9+,23-12+,24-13+/t20-,22+,25-,26?,27-,28-/m0/s1. The van der Waals surface area contributed by atoms with E-state index in [9.17, 15) is 10.2 Å². The van der Waals surface area contributed by atoms with Gasteiger partial charge in [-0.25, -0.2) is 0 Å². The molecule has 2 nitrogen and oxygen atoms in total. The number of allylic oxidation sites excluding steroid dienone is 5. The van der Waals surface area contributed by atoms with Crippen LogP contribution in [0.4, 0.5) is 0 Å². The first-order chi connectivity index (χ1) is 14.1. The summed E-state index contributed by atoms with van der Waals surface area (Å²) in [5, 5.41) is 22.0. The van der Waals surface area contributed by atoms with Gasteiger partial charge in [0.1, 0.15) is 0 Å². The SMILES string of the molecule is C=C1CC[C@H](O)C/C1=C\C=C1/CCC[C@@]2(C)C1CC[C@]2(O)[C@H](C)/C=C/[C@H](C)C(C)C. The predicted octanol–water partition coefficient (Wildman–Crippen LogP) is 6.76. The summed E-state index contributed by atoms with van der Waals surface area (Å²) < 4.78 is 0. The minimum atomic E-state index is -0.637. The molecule has 0 radical (unpaired) electrons. The van der Waals surface area contributed by atoms with Crippen molar-refractivity contribution in [3.05, 3.63) is 47.6 Å². The van der Waals surface area contributed by atoms with Crippen LogP contribution in [0.5, 0.6) is 0 Å². The van der Waals surface area contributed by atoms with Crippen molar-refractivity contribution in [3.8, 4) is 0 Å². The van der Waals surface area contributed by atoms with E-state index in [1.54, 1.807) is 0 Å². The second-order valence-electron chi connectivity index (χ2n) is 11.0. The Morgan fingerprint density at radius 3 is 2.47 bits per heavy atom. The Morgan fingerprint density at radius 1 is 1.03 bits per heavy atom. The smallest absolute Gasteiger partial charge is 0.0766 e. The minimum Gasteiger partial charge on any atom is -0.393 e. The molecule has 0 aromatic rings. The van der Waals surface area contributed by atoms with Gasteiger partial charge in [-0.15, -0.1) is 0 Å². The summed E-state index contributed by atoms with van der Waals surface area (Å²) in [6.07, 6.45) is 16.7. The van der Waals surface area contributed by atoms with Crippen LogP contribution in [0, 0.1) is 29.1 Å². The zero-order chi connectivity index (χ0) is 22.1. The van der Waals surface area contributed by atoms with Gasteiger partial charge in [0.25, 0.3) is 0 Å². The summed E-state index contributed by atoms with van der Waals surface area (Å²) in [5.74, 6) is 1.78. The Kier molecular flexibility index (Phi) is 7.19. The summed E-state index contributed by atoms with van der Waals surface area (Å²) in [5.41, 5.74) is 3.18. The molecule has 2 heteroatoms. The molecule has 0 saturated heterocycles. The molecule has 3 aliphatic rings. The number of rotatable bonds is 5. The fourth-order valence-electron chi connectivity index (χ4n) is 6.16. The van der Waals surface area contributed by atoms with Crippen LogP contribution < -0.4 is 0 Å². The topological polar surface area (TPSA) is 40.5 Å². The Balaban J connectivity index is 1.82. The molecule has 0 aromatic carbocycles. The molecular formula is C28H44O2. The third-order valence-electron chi connectivity index (χ3n) is 8.88. The molecule has 0 amide bonds. The van der Waals surface area contributed by atoms with E-state index in [1.807, 2.05) is 0 Å². The molecule has 0 heterocycles. The molecular weight excluding hydrogens is 368 g/mol. The van der Waals surface area contributed by atoms with E-state index in [1.165, 1.54) is 16.7 Å². The first kappa shape index (κ1) is 23.5. The maximum absolute atomic E-state index is 11.9. The number of aliphatic hydroxyl groups is 2. The van der Waals surface area contributed by atoms with Crippen molar-refractivity contribution < 1.29 is 10.2 Å². The Labute approximate surface area is 184 Å². The van der Waals surface area contributed by atoms with Crippen molar-refractivity contribution in [1.29, 1.82) is 0 Å². The number of aliphatic hydroxyl groups excluding tert-OH is 1. The van der Waals surface area contributed by atoms with Crippen LogP contribution in [-0.2, 0) is 0 Å². The van der Waals surface area contributed by atoms with Crippen LogP contribution in [0.1, 0.15) is 86.0 Å². The summed E-state index contributed by atoms with van der Waals surface area (Å²) >= 11 is 0. The van der Waals surface area contributed by atoms with E-state index in [2.05, 4.69) is 65.5 Å². The van der Waals surface area contributed by atoms with E-state index in [0.29, 0.717) is 17.8 Å². The lowest BCUT2D eigenvalue weighted by Crippen LogP contribution is -2.50. The van der Waals surface area contributed by atoms with Crippen LogP contribution in [0.25, 0.3) is 0 Å². The fraction of sp³-hybridized carbons (Fsp3) is 0.714. The molecule has 3 rings (SSSR count). The third-order valence-corrected chi connectivity index (χ3v) is 8.88. The second-order valence-corrected chi connectivity index (χ2v) is 11.0. The molecule has 30 heavy (non-hydrogen) atoms. The Hall–Kier alpha value is -1.12. The molecule has 0 aliphatic heterocycles. The number of hydrogen-bond donors (Lipinski definition) is 2. The predicted molar refractivity (Wildman–Crippen MR) is 127 cm³/mol. The molecule has 6 atom stereocenters. The third kappa shape index (κ3) is 4.41. The van der Waals surface area contributed by atoms with Gasteiger partial charge in [-0.3, -0.25) is 0 Å². The van der Waals surface area contributed by atoms with Gasteiger partial charge in [-0.2, -0.15) is 0 Å². The first-order valence-corrected chi connectivity index (χ1v) is 12.2. The lowest BCUT2D eigenvalue weighted by Gasteiger charge is -2.49. The number of fused-ring (bicyclic) bond motifs is 1. The van der Waals surface area contributed by atoms with Gasteiger partial charge >= 0.3 is 0 Å². The molecule has 1 unspecified atom stereocenters. The van der Waals surface area contributed by atoms with E-state index in [-0.39, 0.29) is 17.4 Å². The average Bonchev–Trinajstić information content (AvgIpc) is 2.98. The van der Waals surface area contributed by atoms with Crippen molar-refractivity contribution in [2.75, 3.05) is 0 Å². The quantitative estimate of drug-likeness (QED) is 0.490. The van der Waals surface area contributed by atoms with Gasteiger partial charge in [0.15, 0.2) is 0 Å². The molecule has 168 valence electrons. The largest absolute Gasteiger partial charge is 0.393 e. The van der Waals surface area contributed by atoms with Gasteiger partial charge in [0.2, 0.25) is 0 Å². The van der Waals surface area contributed by atoms with Crippen molar-refractivity contribution in [1.82, 2.24) is 0 Å². The highest BCUT2D eigenvalue weighted by Gasteiger charge is 2.59. The van der Waals surface area contributed by atoms with E-state index < -0.39 is 5.60 Å². The van der Waals surface area contributed by atoms with Gasteiger partial charge in [-0.05, 0) is 74.7 Å². The molecule has 0 spiro atoms. The summed E-state index contributed by atoms with van der Waals surface area (Å²) in [7, 11) is 0. The monoisotopic (exact) mass is 412 g/mol. The van der Waals surface area contributed by atoms with Crippen molar-refractivity contribution >= 4 is 0 Å². The van der Waals surface area contributed by atoms with Crippen molar-refractivity contribution in [2.24, 2.45) is 29.1 Å². The highest BCUT2D eigenvalue weighted by Crippen LogP contribution is 2.61. The maximum Gasteiger partial charge on any atom is 0.0766 e. The molecule has 0 bridgehead atoms. The zero-order valence-corrected chi connectivity index (χ0v) is 20.0. The lowest BCUT2D eigenvalue weighted by atomic mass is 9.59. The summed E-state index contributed by atoms with van der Waals surface area (Å²) in [6.45, 7) is 15.5. The van der Waals surface area contributed by atoms with E-state index in [4.69, 9.17) is 0 Å². The van der Waals surface area contributed by atoms with Crippen molar-refractivity contribution in [2.45, 2.75) is 97.7 Å². The van der Waals surface area contributed by atoms with Crippen molar-refractivity contribution in [3.63, 3.8) is 0 Å². The van der Waals surface area contributed by atoms with Crippen LogP contribution in [-0.4, -0.2) is 21.9 Å². The van der Waals surface area contributed by atoms with Crippen LogP contribution in [0.15, 0.2) is 47.6 Å². The van der Waals surface area contributed by atoms with Gasteiger partial charge in [-0.1, -0.05) is 76.6 Å². The molecule has 3 fully saturated rings. The van der Waals surface area contributed by atoms with E-state index in [0.717, 1.165) is 51.4 Å². The Bertz CT molecular complexity index is 727. The molecule has 0 aromatic heterocycles. The molecule has 3 saturated carbocycles. The first-order valence-electron chi connectivity index (χ1n) is 12.2. The maximum atomic E-state index is 11.9. The van der Waals surface area contributed by atoms with Crippen LogP contribution >= 0.6 is 0 Å². The highest BCUT2D eigenvalue weighted by molar-refractivity contribution is 5.36. The van der Waals surface area contributed by atoms with Crippen LogP contribution in [0.2, 0.25) is 0 Å². The normalized spacial score (nSPS) is 39.8. The van der Waals surface area contributed by atoms with Gasteiger partial charge in [0, 0.05) is 11.3 Å². The highest BCUT2D eigenvalue weighted by atomic mass is 16.3. The number of hydrogen-bond acceptors (Lipinski definition) is 2. The molecule has 2 N–H and O–H groups in total. The fourth-order valence-corrected chi connectivity index (χ4v) is 6.16. The van der Waals surface area contributed by atoms with Gasteiger partial charge < -0.3 is 10.2 Å². The summed E-state index contributed by atoms with van der Waals surface area (Å²) in [4.78, 5) is 0. The zero-order valence-electron chi connectivity index (χ0n) is 20.0. The molecule has 3 aliphatic carbocycles. The second kappa shape index (κ2) is 9.17.